The second-order valence-corrected chi connectivity index (χ2v) is 4.77. The van der Waals surface area contributed by atoms with Crippen LogP contribution in [-0.4, -0.2) is 23.5 Å². The molecule has 102 valence electrons. The SMILES string of the molecule is Cc1nc2c(N)cccc2cc1N1CCC(=O)NC1=O. The Morgan fingerprint density at radius 3 is 2.90 bits per heavy atom. The molecule has 0 spiro atoms. The van der Waals surface area contributed by atoms with Gasteiger partial charge in [-0.3, -0.25) is 15.0 Å². The standard InChI is InChI=1S/C14H14N4O2/c1-8-11(18-6-5-12(19)17-14(18)20)7-9-3-2-4-10(15)13(9)16-8/h2-4,7H,5-6,15H2,1H3,(H,17,19,20). The maximum absolute atomic E-state index is 11.9. The maximum atomic E-state index is 11.9. The molecule has 1 aromatic heterocycles. The number of amides is 3. The quantitative estimate of drug-likeness (QED) is 0.770. The molecule has 2 heterocycles. The van der Waals surface area contributed by atoms with E-state index in [4.69, 9.17) is 5.73 Å². The lowest BCUT2D eigenvalue weighted by atomic mass is 10.1. The number of rotatable bonds is 1. The third-order valence-electron chi connectivity index (χ3n) is 3.39. The van der Waals surface area contributed by atoms with Gasteiger partial charge in [-0.05, 0) is 19.1 Å². The first-order valence-electron chi connectivity index (χ1n) is 6.33. The van der Waals surface area contributed by atoms with Crippen LogP contribution < -0.4 is 16.0 Å². The number of imide groups is 1. The average Bonchev–Trinajstić information content (AvgIpc) is 2.40. The summed E-state index contributed by atoms with van der Waals surface area (Å²) in [6, 6.07) is 7.01. The molecular formula is C14H14N4O2. The molecule has 3 N–H and O–H groups in total. The highest BCUT2D eigenvalue weighted by atomic mass is 16.2. The van der Waals surface area contributed by atoms with Crippen LogP contribution in [0.5, 0.6) is 0 Å². The molecule has 1 aliphatic heterocycles. The number of hydrogen-bond acceptors (Lipinski definition) is 4. The van der Waals surface area contributed by atoms with Crippen molar-refractivity contribution in [1.29, 1.82) is 0 Å². The highest BCUT2D eigenvalue weighted by Gasteiger charge is 2.26. The zero-order chi connectivity index (χ0) is 14.3. The molecule has 6 heteroatoms. The molecule has 0 unspecified atom stereocenters. The second-order valence-electron chi connectivity index (χ2n) is 4.77. The molecule has 2 aromatic rings. The normalized spacial score (nSPS) is 15.6. The number of urea groups is 1. The summed E-state index contributed by atoms with van der Waals surface area (Å²) in [5.41, 5.74) is 8.64. The van der Waals surface area contributed by atoms with E-state index in [-0.39, 0.29) is 5.91 Å². The molecule has 0 aliphatic carbocycles. The Labute approximate surface area is 115 Å². The monoisotopic (exact) mass is 270 g/mol. The number of carbonyl (C=O) groups excluding carboxylic acids is 2. The number of carbonyl (C=O) groups is 2. The molecule has 3 amide bonds. The highest BCUT2D eigenvalue weighted by molar-refractivity contribution is 6.06. The number of para-hydroxylation sites is 1. The van der Waals surface area contributed by atoms with E-state index in [0.717, 1.165) is 10.9 Å². The van der Waals surface area contributed by atoms with Crippen molar-refractivity contribution in [2.75, 3.05) is 17.2 Å². The number of hydrogen-bond donors (Lipinski definition) is 2. The first-order chi connectivity index (χ1) is 9.56. The molecule has 1 aliphatic rings. The van der Waals surface area contributed by atoms with Gasteiger partial charge in [0.15, 0.2) is 0 Å². The molecule has 1 aromatic carbocycles. The van der Waals surface area contributed by atoms with Crippen molar-refractivity contribution in [2.45, 2.75) is 13.3 Å². The summed E-state index contributed by atoms with van der Waals surface area (Å²) < 4.78 is 0. The fraction of sp³-hybridized carbons (Fsp3) is 0.214. The summed E-state index contributed by atoms with van der Waals surface area (Å²) in [5.74, 6) is -0.248. The molecular weight excluding hydrogens is 256 g/mol. The molecule has 1 fully saturated rings. The number of nitrogen functional groups attached to an aromatic ring is 1. The number of pyridine rings is 1. The summed E-state index contributed by atoms with van der Waals surface area (Å²) in [5, 5.41) is 3.18. The van der Waals surface area contributed by atoms with Crippen LogP contribution in [0.15, 0.2) is 24.3 Å². The van der Waals surface area contributed by atoms with Crippen LogP contribution in [0.1, 0.15) is 12.1 Å². The Balaban J connectivity index is 2.10. The average molecular weight is 270 g/mol. The van der Waals surface area contributed by atoms with Crippen LogP contribution in [0.2, 0.25) is 0 Å². The number of aryl methyl sites for hydroxylation is 1. The van der Waals surface area contributed by atoms with Crippen LogP contribution in [0.4, 0.5) is 16.2 Å². The zero-order valence-electron chi connectivity index (χ0n) is 11.0. The Hall–Kier alpha value is -2.63. The van der Waals surface area contributed by atoms with Gasteiger partial charge in [0.2, 0.25) is 5.91 Å². The maximum Gasteiger partial charge on any atom is 0.328 e. The minimum absolute atomic E-state index is 0.248. The van der Waals surface area contributed by atoms with Gasteiger partial charge in [-0.15, -0.1) is 0 Å². The van der Waals surface area contributed by atoms with Crippen LogP contribution in [-0.2, 0) is 4.79 Å². The van der Waals surface area contributed by atoms with Crippen molar-refractivity contribution >= 4 is 34.2 Å². The number of fused-ring (bicyclic) bond motifs is 1. The third kappa shape index (κ3) is 1.95. The fourth-order valence-electron chi connectivity index (χ4n) is 2.37. The summed E-state index contributed by atoms with van der Waals surface area (Å²) in [7, 11) is 0. The summed E-state index contributed by atoms with van der Waals surface area (Å²) >= 11 is 0. The lowest BCUT2D eigenvalue weighted by Gasteiger charge is -2.27. The van der Waals surface area contributed by atoms with Gasteiger partial charge in [0.1, 0.15) is 0 Å². The summed E-state index contributed by atoms with van der Waals surface area (Å²) in [4.78, 5) is 29.1. The van der Waals surface area contributed by atoms with E-state index in [2.05, 4.69) is 10.3 Å². The molecule has 0 bridgehead atoms. The largest absolute Gasteiger partial charge is 0.397 e. The third-order valence-corrected chi connectivity index (χ3v) is 3.39. The van der Waals surface area contributed by atoms with E-state index in [1.807, 2.05) is 25.1 Å². The second kappa shape index (κ2) is 4.48. The predicted molar refractivity (Wildman–Crippen MR) is 76.4 cm³/mol. The van der Waals surface area contributed by atoms with Gasteiger partial charge in [0.25, 0.3) is 0 Å². The summed E-state index contributed by atoms with van der Waals surface area (Å²) in [6.45, 7) is 2.19. The van der Waals surface area contributed by atoms with E-state index in [1.165, 1.54) is 4.90 Å². The van der Waals surface area contributed by atoms with Crippen LogP contribution in [0.25, 0.3) is 10.9 Å². The van der Waals surface area contributed by atoms with Gasteiger partial charge in [-0.1, -0.05) is 12.1 Å². The number of nitrogens with two attached hydrogens (primary N) is 1. The molecule has 3 rings (SSSR count). The fourth-order valence-corrected chi connectivity index (χ4v) is 2.37. The van der Waals surface area contributed by atoms with Gasteiger partial charge < -0.3 is 5.73 Å². The lowest BCUT2D eigenvalue weighted by molar-refractivity contribution is -0.120. The van der Waals surface area contributed by atoms with Crippen LogP contribution in [0, 0.1) is 6.92 Å². The van der Waals surface area contributed by atoms with E-state index >= 15 is 0 Å². The van der Waals surface area contributed by atoms with Gasteiger partial charge in [-0.2, -0.15) is 0 Å². The number of benzene rings is 1. The van der Waals surface area contributed by atoms with Crippen LogP contribution in [0.3, 0.4) is 0 Å². The van der Waals surface area contributed by atoms with Crippen LogP contribution >= 0.6 is 0 Å². The van der Waals surface area contributed by atoms with E-state index < -0.39 is 6.03 Å². The van der Waals surface area contributed by atoms with Crippen molar-refractivity contribution in [2.24, 2.45) is 0 Å². The molecule has 0 radical (unpaired) electrons. The van der Waals surface area contributed by atoms with Gasteiger partial charge in [0, 0.05) is 18.4 Å². The van der Waals surface area contributed by atoms with Gasteiger partial charge >= 0.3 is 6.03 Å². The van der Waals surface area contributed by atoms with Gasteiger partial charge in [0.05, 0.1) is 22.6 Å². The number of nitrogens with one attached hydrogen (secondary N) is 1. The van der Waals surface area contributed by atoms with E-state index in [0.29, 0.717) is 30.0 Å². The lowest BCUT2D eigenvalue weighted by Crippen LogP contribution is -2.49. The first-order valence-corrected chi connectivity index (χ1v) is 6.33. The van der Waals surface area contributed by atoms with Crippen molar-refractivity contribution in [3.8, 4) is 0 Å². The highest BCUT2D eigenvalue weighted by Crippen LogP contribution is 2.27. The Morgan fingerprint density at radius 2 is 2.15 bits per heavy atom. The minimum Gasteiger partial charge on any atom is -0.397 e. The smallest absolute Gasteiger partial charge is 0.328 e. The number of aromatic nitrogens is 1. The Kier molecular flexibility index (Phi) is 2.78. The Morgan fingerprint density at radius 1 is 1.35 bits per heavy atom. The zero-order valence-corrected chi connectivity index (χ0v) is 11.0. The van der Waals surface area contributed by atoms with Crippen molar-refractivity contribution in [1.82, 2.24) is 10.3 Å². The van der Waals surface area contributed by atoms with Crippen molar-refractivity contribution < 1.29 is 9.59 Å². The summed E-state index contributed by atoms with van der Waals surface area (Å²) in [6.07, 6.45) is 0.292. The van der Waals surface area contributed by atoms with Crippen molar-refractivity contribution in [3.05, 3.63) is 30.0 Å². The van der Waals surface area contributed by atoms with Gasteiger partial charge in [-0.25, -0.2) is 9.78 Å². The van der Waals surface area contributed by atoms with Crippen molar-refractivity contribution in [3.63, 3.8) is 0 Å². The molecule has 0 atom stereocenters. The molecule has 0 saturated carbocycles. The van der Waals surface area contributed by atoms with E-state index in [1.54, 1.807) is 6.07 Å². The number of nitrogens with zero attached hydrogens (tertiary/aromatic N) is 2. The minimum atomic E-state index is -0.408. The van der Waals surface area contributed by atoms with E-state index in [9.17, 15) is 9.59 Å². The topological polar surface area (TPSA) is 88.3 Å². The Bertz CT molecular complexity index is 726. The predicted octanol–water partition coefficient (Wildman–Crippen LogP) is 1.57. The number of anilines is 2. The molecule has 1 saturated heterocycles. The molecule has 20 heavy (non-hydrogen) atoms. The molecule has 6 nitrogen and oxygen atoms in total. The first kappa shape index (κ1) is 12.4.